The standard InChI is InChI=1S/C23H27N3O4S/c1-14-10-21(11-15(2)22(14)24-16(3)27)31(29,30)25-20-7-6-17-8-9-26(13-19(17)12-20)23(28)18-4-5-18/h6-7,10-12,18,25H,4-5,8-9,13H2,1-3H3,(H,24,27). The third kappa shape index (κ3) is 4.58. The van der Waals surface area contributed by atoms with Crippen LogP contribution in [0.25, 0.3) is 0 Å². The number of carbonyl (C=O) groups excluding carboxylic acids is 2. The molecule has 7 nitrogen and oxygen atoms in total. The number of carbonyl (C=O) groups is 2. The zero-order chi connectivity index (χ0) is 22.3. The van der Waals surface area contributed by atoms with Crippen LogP contribution >= 0.6 is 0 Å². The van der Waals surface area contributed by atoms with E-state index in [1.54, 1.807) is 32.0 Å². The predicted molar refractivity (Wildman–Crippen MR) is 119 cm³/mol. The van der Waals surface area contributed by atoms with Gasteiger partial charge in [0.1, 0.15) is 0 Å². The molecule has 31 heavy (non-hydrogen) atoms. The molecular weight excluding hydrogens is 414 g/mol. The van der Waals surface area contributed by atoms with Crippen molar-refractivity contribution in [2.24, 2.45) is 5.92 Å². The van der Waals surface area contributed by atoms with Crippen LogP contribution in [0.2, 0.25) is 0 Å². The summed E-state index contributed by atoms with van der Waals surface area (Å²) >= 11 is 0. The number of benzene rings is 2. The number of hydrogen-bond donors (Lipinski definition) is 2. The lowest BCUT2D eigenvalue weighted by Crippen LogP contribution is -2.36. The van der Waals surface area contributed by atoms with Gasteiger partial charge in [0.25, 0.3) is 10.0 Å². The summed E-state index contributed by atoms with van der Waals surface area (Å²) < 4.78 is 28.7. The summed E-state index contributed by atoms with van der Waals surface area (Å²) in [5, 5.41) is 2.74. The Morgan fingerprint density at radius 2 is 1.71 bits per heavy atom. The summed E-state index contributed by atoms with van der Waals surface area (Å²) in [6.45, 7) is 6.18. The van der Waals surface area contributed by atoms with Gasteiger partial charge in [0.2, 0.25) is 11.8 Å². The van der Waals surface area contributed by atoms with Crippen molar-refractivity contribution >= 4 is 33.2 Å². The maximum Gasteiger partial charge on any atom is 0.261 e. The molecule has 2 aliphatic rings. The van der Waals surface area contributed by atoms with Gasteiger partial charge in [0.05, 0.1) is 4.90 Å². The first-order chi connectivity index (χ1) is 14.6. The molecule has 2 aromatic rings. The van der Waals surface area contributed by atoms with Crippen molar-refractivity contribution in [3.8, 4) is 0 Å². The SMILES string of the molecule is CC(=O)Nc1c(C)cc(S(=O)(=O)Nc2ccc3c(c2)CN(C(=O)C2CC2)CC3)cc1C. The molecule has 1 aliphatic heterocycles. The third-order valence-corrected chi connectivity index (χ3v) is 7.19. The quantitative estimate of drug-likeness (QED) is 0.744. The van der Waals surface area contributed by atoms with E-state index in [2.05, 4.69) is 10.0 Å². The second-order valence-corrected chi connectivity index (χ2v) is 10.2. The van der Waals surface area contributed by atoms with Crippen LogP contribution < -0.4 is 10.0 Å². The van der Waals surface area contributed by atoms with Gasteiger partial charge in [-0.05, 0) is 79.6 Å². The Hall–Kier alpha value is -2.87. The lowest BCUT2D eigenvalue weighted by Gasteiger charge is -2.29. The molecule has 0 radical (unpaired) electrons. The van der Waals surface area contributed by atoms with Crippen molar-refractivity contribution in [3.05, 3.63) is 52.6 Å². The van der Waals surface area contributed by atoms with Gasteiger partial charge in [0.15, 0.2) is 0 Å². The first-order valence-corrected chi connectivity index (χ1v) is 11.9. The van der Waals surface area contributed by atoms with Gasteiger partial charge in [-0.15, -0.1) is 0 Å². The van der Waals surface area contributed by atoms with Crippen LogP contribution in [0, 0.1) is 19.8 Å². The topological polar surface area (TPSA) is 95.6 Å². The molecule has 1 saturated carbocycles. The third-order valence-electron chi connectivity index (χ3n) is 5.83. The van der Waals surface area contributed by atoms with Gasteiger partial charge < -0.3 is 10.2 Å². The van der Waals surface area contributed by atoms with E-state index in [0.29, 0.717) is 35.6 Å². The Morgan fingerprint density at radius 1 is 1.03 bits per heavy atom. The van der Waals surface area contributed by atoms with Gasteiger partial charge in [-0.25, -0.2) is 8.42 Å². The predicted octanol–water partition coefficient (Wildman–Crippen LogP) is 3.36. The largest absolute Gasteiger partial charge is 0.338 e. The van der Waals surface area contributed by atoms with E-state index in [0.717, 1.165) is 30.4 Å². The van der Waals surface area contributed by atoms with E-state index < -0.39 is 10.0 Å². The molecule has 0 spiro atoms. The average Bonchev–Trinajstić information content (AvgIpc) is 3.54. The fraction of sp³-hybridized carbons (Fsp3) is 0.391. The zero-order valence-electron chi connectivity index (χ0n) is 18.0. The van der Waals surface area contributed by atoms with E-state index >= 15 is 0 Å². The molecule has 1 heterocycles. The molecule has 8 heteroatoms. The Kier molecular flexibility index (Phi) is 5.51. The van der Waals surface area contributed by atoms with E-state index in [1.807, 2.05) is 17.0 Å². The van der Waals surface area contributed by atoms with E-state index in [-0.39, 0.29) is 22.6 Å². The van der Waals surface area contributed by atoms with Crippen molar-refractivity contribution in [2.75, 3.05) is 16.6 Å². The lowest BCUT2D eigenvalue weighted by atomic mass is 9.99. The first kappa shape index (κ1) is 21.4. The second-order valence-electron chi connectivity index (χ2n) is 8.49. The molecule has 0 saturated heterocycles. The van der Waals surface area contributed by atoms with Crippen LogP contribution in [-0.2, 0) is 32.6 Å². The van der Waals surface area contributed by atoms with Gasteiger partial charge in [-0.1, -0.05) is 6.07 Å². The van der Waals surface area contributed by atoms with Gasteiger partial charge in [0, 0.05) is 37.3 Å². The number of nitrogens with zero attached hydrogens (tertiary/aromatic N) is 1. The Bertz CT molecular complexity index is 1150. The van der Waals surface area contributed by atoms with Crippen molar-refractivity contribution in [3.63, 3.8) is 0 Å². The zero-order valence-corrected chi connectivity index (χ0v) is 18.8. The van der Waals surface area contributed by atoms with E-state index in [4.69, 9.17) is 0 Å². The molecule has 0 unspecified atom stereocenters. The number of amides is 2. The highest BCUT2D eigenvalue weighted by molar-refractivity contribution is 7.92. The minimum Gasteiger partial charge on any atom is -0.338 e. The summed E-state index contributed by atoms with van der Waals surface area (Å²) in [4.78, 5) is 25.8. The van der Waals surface area contributed by atoms with Crippen LogP contribution in [0.3, 0.4) is 0 Å². The minimum absolute atomic E-state index is 0.139. The Balaban J connectivity index is 1.56. The monoisotopic (exact) mass is 441 g/mol. The fourth-order valence-electron chi connectivity index (χ4n) is 4.06. The summed E-state index contributed by atoms with van der Waals surface area (Å²) in [5.74, 6) is 0.181. The Labute approximate surface area is 182 Å². The smallest absolute Gasteiger partial charge is 0.261 e. The lowest BCUT2D eigenvalue weighted by molar-refractivity contribution is -0.133. The number of aryl methyl sites for hydroxylation is 2. The minimum atomic E-state index is -3.81. The molecule has 4 rings (SSSR count). The van der Waals surface area contributed by atoms with Crippen molar-refractivity contribution in [1.82, 2.24) is 4.90 Å². The van der Waals surface area contributed by atoms with Gasteiger partial charge in [-0.3, -0.25) is 14.3 Å². The summed E-state index contributed by atoms with van der Waals surface area (Å²) in [6, 6.07) is 8.62. The molecule has 0 aromatic heterocycles. The van der Waals surface area contributed by atoms with Crippen LogP contribution in [0.5, 0.6) is 0 Å². The fourth-order valence-corrected chi connectivity index (χ4v) is 5.28. The van der Waals surface area contributed by atoms with Gasteiger partial charge in [-0.2, -0.15) is 0 Å². The molecule has 2 N–H and O–H groups in total. The second kappa shape index (κ2) is 8.00. The number of anilines is 2. The van der Waals surface area contributed by atoms with Crippen molar-refractivity contribution < 1.29 is 18.0 Å². The molecule has 164 valence electrons. The van der Waals surface area contributed by atoms with Crippen LogP contribution in [0.4, 0.5) is 11.4 Å². The molecule has 2 amide bonds. The van der Waals surface area contributed by atoms with Crippen LogP contribution in [-0.4, -0.2) is 31.7 Å². The number of hydrogen-bond acceptors (Lipinski definition) is 4. The molecule has 2 aromatic carbocycles. The highest BCUT2D eigenvalue weighted by atomic mass is 32.2. The van der Waals surface area contributed by atoms with Crippen LogP contribution in [0.15, 0.2) is 35.2 Å². The number of nitrogens with one attached hydrogen (secondary N) is 2. The van der Waals surface area contributed by atoms with E-state index in [9.17, 15) is 18.0 Å². The summed E-state index contributed by atoms with van der Waals surface area (Å²) in [5.41, 5.74) is 4.58. The maximum absolute atomic E-state index is 13.0. The molecule has 0 atom stereocenters. The molecule has 1 aliphatic carbocycles. The molecular formula is C23H27N3O4S. The van der Waals surface area contributed by atoms with Crippen molar-refractivity contribution in [1.29, 1.82) is 0 Å². The van der Waals surface area contributed by atoms with Crippen LogP contribution in [0.1, 0.15) is 42.0 Å². The summed E-state index contributed by atoms with van der Waals surface area (Å²) in [6.07, 6.45) is 2.73. The number of fused-ring (bicyclic) bond motifs is 1. The highest BCUT2D eigenvalue weighted by Gasteiger charge is 2.34. The Morgan fingerprint density at radius 3 is 2.32 bits per heavy atom. The maximum atomic E-state index is 13.0. The average molecular weight is 442 g/mol. The van der Waals surface area contributed by atoms with Crippen molar-refractivity contribution in [2.45, 2.75) is 51.5 Å². The molecule has 0 bridgehead atoms. The highest BCUT2D eigenvalue weighted by Crippen LogP contribution is 2.33. The first-order valence-electron chi connectivity index (χ1n) is 10.5. The number of rotatable bonds is 5. The molecule has 1 fully saturated rings. The normalized spacial score (nSPS) is 15.9. The summed E-state index contributed by atoms with van der Waals surface area (Å²) in [7, 11) is -3.81. The van der Waals surface area contributed by atoms with E-state index in [1.165, 1.54) is 6.92 Å². The van der Waals surface area contributed by atoms with Gasteiger partial charge >= 0.3 is 0 Å². The number of sulfonamides is 1.